The van der Waals surface area contributed by atoms with Gasteiger partial charge in [-0.3, -0.25) is 0 Å². The Kier molecular flexibility index (Phi) is 5.54. The Morgan fingerprint density at radius 1 is 1.00 bits per heavy atom. The SMILES string of the molecule is BrC(c1ccccc1)=[N+]1CCCCC1.[Br-]. The molecule has 2 rings (SSSR count). The second-order valence-corrected chi connectivity index (χ2v) is 4.46. The maximum absolute atomic E-state index is 3.69. The Labute approximate surface area is 110 Å². The number of halogens is 2. The highest BCUT2D eigenvalue weighted by atomic mass is 79.9. The molecule has 0 saturated carbocycles. The van der Waals surface area contributed by atoms with Gasteiger partial charge < -0.3 is 17.0 Å². The predicted molar refractivity (Wildman–Crippen MR) is 63.3 cm³/mol. The van der Waals surface area contributed by atoms with Gasteiger partial charge in [-0.05, 0) is 18.6 Å². The van der Waals surface area contributed by atoms with Gasteiger partial charge in [-0.25, -0.2) is 4.58 Å². The lowest BCUT2D eigenvalue weighted by Gasteiger charge is -2.11. The van der Waals surface area contributed by atoms with E-state index < -0.39 is 0 Å². The highest BCUT2D eigenvalue weighted by Crippen LogP contribution is 2.11. The molecule has 0 bridgehead atoms. The van der Waals surface area contributed by atoms with Crippen LogP contribution >= 0.6 is 15.9 Å². The van der Waals surface area contributed by atoms with Gasteiger partial charge in [0.2, 0.25) is 4.62 Å². The minimum absolute atomic E-state index is 0. The van der Waals surface area contributed by atoms with Gasteiger partial charge in [-0.1, -0.05) is 18.2 Å². The summed E-state index contributed by atoms with van der Waals surface area (Å²) >= 11 is 3.69. The monoisotopic (exact) mass is 331 g/mol. The normalized spacial score (nSPS) is 15.7. The summed E-state index contributed by atoms with van der Waals surface area (Å²) in [7, 11) is 0. The van der Waals surface area contributed by atoms with Crippen LogP contribution in [0.5, 0.6) is 0 Å². The third-order valence-corrected chi connectivity index (χ3v) is 3.61. The van der Waals surface area contributed by atoms with Crippen LogP contribution in [0.4, 0.5) is 0 Å². The van der Waals surface area contributed by atoms with E-state index in [2.05, 4.69) is 50.8 Å². The number of nitrogens with zero attached hydrogens (tertiary/aromatic N) is 1. The standard InChI is InChI=1S/C12H15BrN.BrH/c13-12(11-7-3-1-4-8-11)14-9-5-2-6-10-14;/h1,3-4,7-8H,2,5-6,9-10H2;1H/q+1;/p-1. The molecule has 82 valence electrons. The Bertz CT molecular complexity index is 325. The van der Waals surface area contributed by atoms with Crippen LogP contribution in [0.25, 0.3) is 0 Å². The summed E-state index contributed by atoms with van der Waals surface area (Å²) in [4.78, 5) is 0. The quantitative estimate of drug-likeness (QED) is 0.638. The average Bonchev–Trinajstić information content (AvgIpc) is 2.30. The van der Waals surface area contributed by atoms with Crippen LogP contribution < -0.4 is 17.0 Å². The molecule has 0 unspecified atom stereocenters. The van der Waals surface area contributed by atoms with Crippen molar-refractivity contribution in [2.24, 2.45) is 0 Å². The molecular formula is C12H15Br2N. The van der Waals surface area contributed by atoms with Crippen molar-refractivity contribution in [3.63, 3.8) is 0 Å². The lowest BCUT2D eigenvalue weighted by molar-refractivity contribution is -0.533. The number of hydrogen-bond donors (Lipinski definition) is 0. The van der Waals surface area contributed by atoms with Gasteiger partial charge >= 0.3 is 0 Å². The van der Waals surface area contributed by atoms with Crippen molar-refractivity contribution in [2.45, 2.75) is 19.3 Å². The Hall–Kier alpha value is -0.150. The van der Waals surface area contributed by atoms with Gasteiger partial charge in [0.1, 0.15) is 13.1 Å². The van der Waals surface area contributed by atoms with E-state index in [0.29, 0.717) is 0 Å². The smallest absolute Gasteiger partial charge is 0.249 e. The predicted octanol–water partition coefficient (Wildman–Crippen LogP) is 0.0285. The summed E-state index contributed by atoms with van der Waals surface area (Å²) in [5, 5.41) is 0. The van der Waals surface area contributed by atoms with E-state index >= 15 is 0 Å². The molecule has 0 amide bonds. The van der Waals surface area contributed by atoms with Crippen LogP contribution in [-0.2, 0) is 0 Å². The lowest BCUT2D eigenvalue weighted by atomic mass is 10.1. The number of rotatable bonds is 1. The first-order valence-corrected chi connectivity index (χ1v) is 6.00. The molecule has 0 aliphatic carbocycles. The van der Waals surface area contributed by atoms with E-state index in [1.807, 2.05) is 0 Å². The molecule has 0 aromatic heterocycles. The second kappa shape index (κ2) is 6.44. The molecule has 0 N–H and O–H groups in total. The second-order valence-electron chi connectivity index (χ2n) is 3.70. The van der Waals surface area contributed by atoms with Crippen molar-refractivity contribution in [3.05, 3.63) is 35.9 Å². The molecule has 1 saturated heterocycles. The van der Waals surface area contributed by atoms with E-state index in [0.717, 1.165) is 0 Å². The zero-order chi connectivity index (χ0) is 9.80. The summed E-state index contributed by atoms with van der Waals surface area (Å²) in [6, 6.07) is 10.5. The summed E-state index contributed by atoms with van der Waals surface area (Å²) in [6.45, 7) is 2.38. The van der Waals surface area contributed by atoms with Crippen molar-refractivity contribution in [1.82, 2.24) is 0 Å². The summed E-state index contributed by atoms with van der Waals surface area (Å²) in [6.07, 6.45) is 4.02. The maximum atomic E-state index is 3.69. The fraction of sp³-hybridized carbons (Fsp3) is 0.417. The zero-order valence-electron chi connectivity index (χ0n) is 8.63. The molecule has 1 aliphatic heterocycles. The van der Waals surface area contributed by atoms with E-state index in [9.17, 15) is 0 Å². The van der Waals surface area contributed by atoms with Gasteiger partial charge in [-0.15, -0.1) is 0 Å². The average molecular weight is 333 g/mol. The van der Waals surface area contributed by atoms with Gasteiger partial charge in [-0.2, -0.15) is 0 Å². The molecule has 0 atom stereocenters. The molecule has 3 heteroatoms. The zero-order valence-corrected chi connectivity index (χ0v) is 11.8. The first kappa shape index (κ1) is 12.9. The molecule has 1 nitrogen and oxygen atoms in total. The lowest BCUT2D eigenvalue weighted by Crippen LogP contribution is -3.00. The van der Waals surface area contributed by atoms with Crippen molar-refractivity contribution < 1.29 is 21.6 Å². The largest absolute Gasteiger partial charge is 1.00 e. The molecule has 15 heavy (non-hydrogen) atoms. The highest BCUT2D eigenvalue weighted by molar-refractivity contribution is 9.18. The molecule has 1 aromatic carbocycles. The van der Waals surface area contributed by atoms with E-state index in [4.69, 9.17) is 0 Å². The third kappa shape index (κ3) is 3.42. The van der Waals surface area contributed by atoms with Crippen LogP contribution in [0, 0.1) is 0 Å². The Morgan fingerprint density at radius 2 is 1.60 bits per heavy atom. The maximum Gasteiger partial charge on any atom is 0.249 e. The molecule has 1 aromatic rings. The highest BCUT2D eigenvalue weighted by Gasteiger charge is 2.16. The minimum Gasteiger partial charge on any atom is -1.00 e. The van der Waals surface area contributed by atoms with Gasteiger partial charge in [0.25, 0.3) is 0 Å². The summed E-state index contributed by atoms with van der Waals surface area (Å²) in [5.41, 5.74) is 1.29. The Balaban J connectivity index is 0.00000112. The van der Waals surface area contributed by atoms with Crippen molar-refractivity contribution in [3.8, 4) is 0 Å². The van der Waals surface area contributed by atoms with Crippen LogP contribution in [0.15, 0.2) is 30.3 Å². The van der Waals surface area contributed by atoms with Gasteiger partial charge in [0.05, 0.1) is 5.56 Å². The van der Waals surface area contributed by atoms with Crippen LogP contribution in [-0.4, -0.2) is 22.3 Å². The fourth-order valence-corrected chi connectivity index (χ4v) is 2.47. The molecule has 0 spiro atoms. The van der Waals surface area contributed by atoms with Gasteiger partial charge in [0, 0.05) is 28.8 Å². The fourth-order valence-electron chi connectivity index (χ4n) is 1.85. The van der Waals surface area contributed by atoms with Crippen molar-refractivity contribution >= 4 is 20.6 Å². The topological polar surface area (TPSA) is 3.01 Å². The molecule has 1 heterocycles. The number of hydrogen-bond acceptors (Lipinski definition) is 0. The first-order valence-electron chi connectivity index (χ1n) is 5.21. The Morgan fingerprint density at radius 3 is 2.20 bits per heavy atom. The van der Waals surface area contributed by atoms with Crippen molar-refractivity contribution in [1.29, 1.82) is 0 Å². The van der Waals surface area contributed by atoms with E-state index in [-0.39, 0.29) is 17.0 Å². The van der Waals surface area contributed by atoms with Crippen LogP contribution in [0.3, 0.4) is 0 Å². The van der Waals surface area contributed by atoms with Crippen molar-refractivity contribution in [2.75, 3.05) is 13.1 Å². The number of piperidine rings is 1. The molecule has 0 radical (unpaired) electrons. The third-order valence-electron chi connectivity index (χ3n) is 2.65. The van der Waals surface area contributed by atoms with E-state index in [1.54, 1.807) is 0 Å². The first-order chi connectivity index (χ1) is 6.88. The molecule has 1 aliphatic rings. The van der Waals surface area contributed by atoms with Gasteiger partial charge in [0.15, 0.2) is 0 Å². The molecular weight excluding hydrogens is 318 g/mol. The van der Waals surface area contributed by atoms with Crippen LogP contribution in [0.1, 0.15) is 24.8 Å². The summed E-state index contributed by atoms with van der Waals surface area (Å²) in [5.74, 6) is 0. The van der Waals surface area contributed by atoms with E-state index in [1.165, 1.54) is 42.5 Å². The number of benzene rings is 1. The summed E-state index contributed by atoms with van der Waals surface area (Å²) < 4.78 is 3.68. The molecule has 1 fully saturated rings. The minimum atomic E-state index is 0. The van der Waals surface area contributed by atoms with Crippen LogP contribution in [0.2, 0.25) is 0 Å².